The highest BCUT2D eigenvalue weighted by Crippen LogP contribution is 2.14. The van der Waals surface area contributed by atoms with E-state index in [0.717, 1.165) is 36.0 Å². The number of carbonyl (C=O) groups is 1. The molecule has 5 heteroatoms. The highest BCUT2D eigenvalue weighted by Gasteiger charge is 2.16. The molecule has 5 nitrogen and oxygen atoms in total. The molecule has 1 saturated heterocycles. The van der Waals surface area contributed by atoms with Crippen molar-refractivity contribution >= 4 is 16.9 Å². The average Bonchev–Trinajstić information content (AvgIpc) is 3.07. The van der Waals surface area contributed by atoms with Gasteiger partial charge in [-0.05, 0) is 30.5 Å². The van der Waals surface area contributed by atoms with Gasteiger partial charge in [0.2, 0.25) is 5.91 Å². The lowest BCUT2D eigenvalue weighted by Crippen LogP contribution is -2.32. The van der Waals surface area contributed by atoms with Crippen LogP contribution in [0.4, 0.5) is 0 Å². The zero-order chi connectivity index (χ0) is 13.9. The fraction of sp³-hybridized carbons (Fsp3) is 0.467. The Bertz CT molecular complexity index is 615. The SMILES string of the molecule is Cn1cnc2cc(CC(=O)NCC3CCCO3)ccc21. The van der Waals surface area contributed by atoms with Crippen LogP contribution in [0, 0.1) is 0 Å². The fourth-order valence-electron chi connectivity index (χ4n) is 2.57. The van der Waals surface area contributed by atoms with Crippen LogP contribution in [0.3, 0.4) is 0 Å². The Hall–Kier alpha value is -1.88. The number of carbonyl (C=O) groups excluding carboxylic acids is 1. The molecule has 106 valence electrons. The Labute approximate surface area is 117 Å². The molecule has 1 N–H and O–H groups in total. The van der Waals surface area contributed by atoms with Crippen molar-refractivity contribution in [2.24, 2.45) is 7.05 Å². The molecule has 1 aromatic carbocycles. The summed E-state index contributed by atoms with van der Waals surface area (Å²) in [4.78, 5) is 16.2. The molecular formula is C15H19N3O2. The van der Waals surface area contributed by atoms with E-state index in [0.29, 0.717) is 13.0 Å². The number of hydrogen-bond donors (Lipinski definition) is 1. The van der Waals surface area contributed by atoms with Crippen molar-refractivity contribution in [2.75, 3.05) is 13.2 Å². The lowest BCUT2D eigenvalue weighted by molar-refractivity contribution is -0.120. The third-order valence-electron chi connectivity index (χ3n) is 3.71. The number of aromatic nitrogens is 2. The van der Waals surface area contributed by atoms with Gasteiger partial charge in [-0.25, -0.2) is 4.98 Å². The Morgan fingerprint density at radius 2 is 2.45 bits per heavy atom. The molecule has 1 aliphatic heterocycles. The van der Waals surface area contributed by atoms with Crippen molar-refractivity contribution in [3.63, 3.8) is 0 Å². The summed E-state index contributed by atoms with van der Waals surface area (Å²) in [6.07, 6.45) is 4.50. The summed E-state index contributed by atoms with van der Waals surface area (Å²) in [5, 5.41) is 2.94. The van der Waals surface area contributed by atoms with Crippen LogP contribution in [-0.2, 0) is 23.0 Å². The highest BCUT2D eigenvalue weighted by atomic mass is 16.5. The minimum atomic E-state index is 0.0378. The molecule has 1 atom stereocenters. The first-order valence-corrected chi connectivity index (χ1v) is 7.00. The van der Waals surface area contributed by atoms with Crippen molar-refractivity contribution in [3.05, 3.63) is 30.1 Å². The molecule has 2 aromatic rings. The number of rotatable bonds is 4. The monoisotopic (exact) mass is 273 g/mol. The molecule has 1 aliphatic rings. The molecule has 0 radical (unpaired) electrons. The average molecular weight is 273 g/mol. The summed E-state index contributed by atoms with van der Waals surface area (Å²) >= 11 is 0. The van der Waals surface area contributed by atoms with Gasteiger partial charge in [0, 0.05) is 20.2 Å². The Morgan fingerprint density at radius 1 is 1.55 bits per heavy atom. The van der Waals surface area contributed by atoms with Crippen LogP contribution in [0.25, 0.3) is 11.0 Å². The number of ether oxygens (including phenoxy) is 1. The van der Waals surface area contributed by atoms with E-state index in [1.54, 1.807) is 6.33 Å². The predicted molar refractivity (Wildman–Crippen MR) is 76.4 cm³/mol. The van der Waals surface area contributed by atoms with E-state index < -0.39 is 0 Å². The molecule has 1 fully saturated rings. The van der Waals surface area contributed by atoms with Gasteiger partial charge in [-0.1, -0.05) is 6.07 Å². The number of nitrogens with zero attached hydrogens (tertiary/aromatic N) is 2. The van der Waals surface area contributed by atoms with E-state index in [2.05, 4.69) is 10.3 Å². The van der Waals surface area contributed by atoms with Crippen LogP contribution < -0.4 is 5.32 Å². The second-order valence-corrected chi connectivity index (χ2v) is 5.29. The quantitative estimate of drug-likeness (QED) is 0.916. The molecule has 1 amide bonds. The Kier molecular flexibility index (Phi) is 3.69. The maximum atomic E-state index is 11.9. The second-order valence-electron chi connectivity index (χ2n) is 5.29. The van der Waals surface area contributed by atoms with Crippen LogP contribution >= 0.6 is 0 Å². The molecule has 20 heavy (non-hydrogen) atoms. The molecule has 1 aromatic heterocycles. The summed E-state index contributed by atoms with van der Waals surface area (Å²) in [5.74, 6) is 0.0378. The van der Waals surface area contributed by atoms with E-state index in [9.17, 15) is 4.79 Å². The normalized spacial score (nSPS) is 18.6. The van der Waals surface area contributed by atoms with Crippen molar-refractivity contribution in [1.82, 2.24) is 14.9 Å². The number of amides is 1. The first kappa shape index (κ1) is 13.1. The maximum Gasteiger partial charge on any atom is 0.224 e. The lowest BCUT2D eigenvalue weighted by Gasteiger charge is -2.10. The highest BCUT2D eigenvalue weighted by molar-refractivity contribution is 5.81. The third-order valence-corrected chi connectivity index (χ3v) is 3.71. The zero-order valence-corrected chi connectivity index (χ0v) is 11.6. The number of nitrogens with one attached hydrogen (secondary N) is 1. The van der Waals surface area contributed by atoms with E-state index in [1.807, 2.05) is 29.8 Å². The summed E-state index contributed by atoms with van der Waals surface area (Å²) in [5.41, 5.74) is 2.99. The standard InChI is InChI=1S/C15H19N3O2/c1-18-10-17-13-7-11(4-5-14(13)18)8-15(19)16-9-12-3-2-6-20-12/h4-5,7,10,12H,2-3,6,8-9H2,1H3,(H,16,19). The van der Waals surface area contributed by atoms with Crippen LogP contribution in [0.2, 0.25) is 0 Å². The molecule has 0 aliphatic carbocycles. The van der Waals surface area contributed by atoms with E-state index in [1.165, 1.54) is 0 Å². The summed E-state index contributed by atoms with van der Waals surface area (Å²) < 4.78 is 7.46. The molecule has 0 bridgehead atoms. The fourth-order valence-corrected chi connectivity index (χ4v) is 2.57. The summed E-state index contributed by atoms with van der Waals surface area (Å²) in [7, 11) is 1.96. The first-order valence-electron chi connectivity index (χ1n) is 7.00. The molecule has 0 saturated carbocycles. The molecule has 0 spiro atoms. The van der Waals surface area contributed by atoms with Crippen molar-refractivity contribution in [1.29, 1.82) is 0 Å². The third kappa shape index (κ3) is 2.82. The smallest absolute Gasteiger partial charge is 0.224 e. The minimum absolute atomic E-state index is 0.0378. The predicted octanol–water partition coefficient (Wildman–Crippen LogP) is 1.41. The van der Waals surface area contributed by atoms with Gasteiger partial charge in [0.25, 0.3) is 0 Å². The van der Waals surface area contributed by atoms with Gasteiger partial charge in [-0.2, -0.15) is 0 Å². The summed E-state index contributed by atoms with van der Waals surface area (Å²) in [6, 6.07) is 5.96. The topological polar surface area (TPSA) is 56.2 Å². The number of hydrogen-bond acceptors (Lipinski definition) is 3. The summed E-state index contributed by atoms with van der Waals surface area (Å²) in [6.45, 7) is 1.43. The van der Waals surface area contributed by atoms with Gasteiger partial charge in [0.05, 0.1) is 29.9 Å². The van der Waals surface area contributed by atoms with Gasteiger partial charge in [-0.15, -0.1) is 0 Å². The number of imidazole rings is 1. The van der Waals surface area contributed by atoms with E-state index in [4.69, 9.17) is 4.74 Å². The maximum absolute atomic E-state index is 11.9. The van der Waals surface area contributed by atoms with Crippen LogP contribution in [0.1, 0.15) is 18.4 Å². The minimum Gasteiger partial charge on any atom is -0.376 e. The van der Waals surface area contributed by atoms with Gasteiger partial charge in [0.1, 0.15) is 0 Å². The van der Waals surface area contributed by atoms with Crippen LogP contribution in [0.5, 0.6) is 0 Å². The first-order chi connectivity index (χ1) is 9.72. The van der Waals surface area contributed by atoms with Gasteiger partial charge in [-0.3, -0.25) is 4.79 Å². The Balaban J connectivity index is 1.58. The van der Waals surface area contributed by atoms with Gasteiger partial charge in [0.15, 0.2) is 0 Å². The van der Waals surface area contributed by atoms with E-state index in [-0.39, 0.29) is 12.0 Å². The second kappa shape index (κ2) is 5.63. The number of fused-ring (bicyclic) bond motifs is 1. The van der Waals surface area contributed by atoms with E-state index >= 15 is 0 Å². The molecule has 3 rings (SSSR count). The molecule has 2 heterocycles. The van der Waals surface area contributed by atoms with Crippen molar-refractivity contribution < 1.29 is 9.53 Å². The lowest BCUT2D eigenvalue weighted by atomic mass is 10.1. The number of aryl methyl sites for hydroxylation is 1. The van der Waals surface area contributed by atoms with Gasteiger partial charge < -0.3 is 14.6 Å². The Morgan fingerprint density at radius 3 is 3.25 bits per heavy atom. The van der Waals surface area contributed by atoms with Crippen molar-refractivity contribution in [2.45, 2.75) is 25.4 Å². The molecular weight excluding hydrogens is 254 g/mol. The number of benzene rings is 1. The molecule has 1 unspecified atom stereocenters. The largest absolute Gasteiger partial charge is 0.376 e. The van der Waals surface area contributed by atoms with Gasteiger partial charge >= 0.3 is 0 Å². The van der Waals surface area contributed by atoms with Crippen LogP contribution in [0.15, 0.2) is 24.5 Å². The van der Waals surface area contributed by atoms with Crippen LogP contribution in [-0.4, -0.2) is 34.7 Å². The zero-order valence-electron chi connectivity index (χ0n) is 11.6. The van der Waals surface area contributed by atoms with Crippen molar-refractivity contribution in [3.8, 4) is 0 Å².